The summed E-state index contributed by atoms with van der Waals surface area (Å²) < 4.78 is 13.8. The van der Waals surface area contributed by atoms with Crippen molar-refractivity contribution in [3.63, 3.8) is 0 Å². The van der Waals surface area contributed by atoms with Crippen molar-refractivity contribution < 1.29 is 9.18 Å². The van der Waals surface area contributed by atoms with Crippen LogP contribution < -0.4 is 10.2 Å². The first-order valence-corrected chi connectivity index (χ1v) is 8.16. The third kappa shape index (κ3) is 3.74. The van der Waals surface area contributed by atoms with Crippen LogP contribution in [0.3, 0.4) is 0 Å². The van der Waals surface area contributed by atoms with E-state index in [-0.39, 0.29) is 18.3 Å². The molecule has 4 nitrogen and oxygen atoms in total. The molecular formula is C19H22FN3O. The zero-order chi connectivity index (χ0) is 16.9. The van der Waals surface area contributed by atoms with Crippen molar-refractivity contribution in [3.8, 4) is 0 Å². The first-order chi connectivity index (χ1) is 11.6. The first kappa shape index (κ1) is 16.5. The number of carbonyl (C=O) groups is 1. The molecule has 1 aliphatic heterocycles. The molecule has 0 unspecified atom stereocenters. The molecule has 0 saturated carbocycles. The fraction of sp³-hybridized carbons (Fsp3) is 0.316. The topological polar surface area (TPSA) is 35.6 Å². The van der Waals surface area contributed by atoms with E-state index in [1.807, 2.05) is 18.2 Å². The average molecular weight is 327 g/mol. The predicted octanol–water partition coefficient (Wildman–Crippen LogP) is 2.39. The Morgan fingerprint density at radius 1 is 1.21 bits per heavy atom. The van der Waals surface area contributed by atoms with Crippen LogP contribution >= 0.6 is 0 Å². The van der Waals surface area contributed by atoms with Crippen LogP contribution in [0, 0.1) is 5.82 Å². The van der Waals surface area contributed by atoms with Gasteiger partial charge in [-0.15, -0.1) is 0 Å². The predicted molar refractivity (Wildman–Crippen MR) is 93.2 cm³/mol. The van der Waals surface area contributed by atoms with Gasteiger partial charge in [-0.05, 0) is 17.7 Å². The highest BCUT2D eigenvalue weighted by molar-refractivity contribution is 5.81. The molecule has 5 heteroatoms. The summed E-state index contributed by atoms with van der Waals surface area (Å²) >= 11 is 0. The Morgan fingerprint density at radius 2 is 1.96 bits per heavy atom. The van der Waals surface area contributed by atoms with Gasteiger partial charge in [0.05, 0.1) is 6.54 Å². The number of para-hydroxylation sites is 1. The molecule has 126 valence electrons. The van der Waals surface area contributed by atoms with E-state index < -0.39 is 0 Å². The van der Waals surface area contributed by atoms with Crippen LogP contribution in [0.2, 0.25) is 0 Å². The molecule has 2 aromatic carbocycles. The fourth-order valence-corrected chi connectivity index (χ4v) is 2.94. The van der Waals surface area contributed by atoms with Gasteiger partial charge in [0.2, 0.25) is 5.91 Å². The van der Waals surface area contributed by atoms with Crippen LogP contribution in [-0.4, -0.2) is 37.5 Å². The Kier molecular flexibility index (Phi) is 5.11. The summed E-state index contributed by atoms with van der Waals surface area (Å²) in [6, 6.07) is 14.7. The molecule has 2 aromatic rings. The highest BCUT2D eigenvalue weighted by Gasteiger charge is 2.19. The van der Waals surface area contributed by atoms with Crippen molar-refractivity contribution in [1.29, 1.82) is 0 Å². The summed E-state index contributed by atoms with van der Waals surface area (Å²) in [6.45, 7) is 2.99. The van der Waals surface area contributed by atoms with Crippen LogP contribution in [0.15, 0.2) is 48.5 Å². The van der Waals surface area contributed by atoms with Crippen molar-refractivity contribution in [2.75, 3.05) is 31.6 Å². The van der Waals surface area contributed by atoms with Gasteiger partial charge < -0.3 is 15.1 Å². The summed E-state index contributed by atoms with van der Waals surface area (Å²) in [5.74, 6) is -0.295. The number of halogens is 1. The summed E-state index contributed by atoms with van der Waals surface area (Å²) in [5.41, 5.74) is 2.82. The van der Waals surface area contributed by atoms with Gasteiger partial charge in [0, 0.05) is 44.5 Å². The number of hydrogen-bond acceptors (Lipinski definition) is 3. The van der Waals surface area contributed by atoms with E-state index >= 15 is 0 Å². The molecular weight excluding hydrogens is 305 g/mol. The average Bonchev–Trinajstić information content (AvgIpc) is 2.79. The van der Waals surface area contributed by atoms with Crippen molar-refractivity contribution in [3.05, 3.63) is 65.5 Å². The molecule has 0 atom stereocenters. The van der Waals surface area contributed by atoms with Crippen molar-refractivity contribution in [2.24, 2.45) is 0 Å². The van der Waals surface area contributed by atoms with Gasteiger partial charge in [0.25, 0.3) is 0 Å². The molecule has 0 radical (unpaired) electrons. The van der Waals surface area contributed by atoms with Crippen LogP contribution in [0.25, 0.3) is 0 Å². The molecule has 24 heavy (non-hydrogen) atoms. The van der Waals surface area contributed by atoms with Gasteiger partial charge in [0.15, 0.2) is 0 Å². The number of anilines is 1. The lowest BCUT2D eigenvalue weighted by Gasteiger charge is -2.27. The van der Waals surface area contributed by atoms with Crippen molar-refractivity contribution in [2.45, 2.75) is 13.1 Å². The molecule has 1 N–H and O–H groups in total. The van der Waals surface area contributed by atoms with Crippen LogP contribution in [0.1, 0.15) is 11.1 Å². The Bertz CT molecular complexity index is 719. The molecule has 1 amide bonds. The largest absolute Gasteiger partial charge is 0.361 e. The summed E-state index contributed by atoms with van der Waals surface area (Å²) in [5, 5.41) is 3.37. The second kappa shape index (κ2) is 7.45. The Morgan fingerprint density at radius 3 is 2.79 bits per heavy atom. The van der Waals surface area contributed by atoms with E-state index in [1.54, 1.807) is 30.1 Å². The smallest absolute Gasteiger partial charge is 0.242 e. The molecule has 0 bridgehead atoms. The van der Waals surface area contributed by atoms with E-state index in [2.05, 4.69) is 16.3 Å². The Balaban J connectivity index is 1.69. The number of hydrogen-bond donors (Lipinski definition) is 1. The second-order valence-electron chi connectivity index (χ2n) is 6.07. The highest BCUT2D eigenvalue weighted by atomic mass is 19.1. The number of amides is 1. The lowest BCUT2D eigenvalue weighted by Crippen LogP contribution is -2.40. The monoisotopic (exact) mass is 327 g/mol. The van der Waals surface area contributed by atoms with Gasteiger partial charge in [-0.25, -0.2) is 4.39 Å². The summed E-state index contributed by atoms with van der Waals surface area (Å²) in [6.07, 6.45) is 0. The third-order valence-electron chi connectivity index (χ3n) is 4.32. The van der Waals surface area contributed by atoms with Gasteiger partial charge in [-0.1, -0.05) is 36.4 Å². The molecule has 3 rings (SSSR count). The van der Waals surface area contributed by atoms with Crippen molar-refractivity contribution >= 4 is 11.6 Å². The zero-order valence-electron chi connectivity index (χ0n) is 13.8. The molecule has 1 heterocycles. The van der Waals surface area contributed by atoms with Gasteiger partial charge in [-0.3, -0.25) is 4.79 Å². The number of benzene rings is 2. The quantitative estimate of drug-likeness (QED) is 0.937. The summed E-state index contributed by atoms with van der Waals surface area (Å²) in [4.78, 5) is 16.3. The lowest BCUT2D eigenvalue weighted by molar-refractivity contribution is -0.129. The van der Waals surface area contributed by atoms with Crippen LogP contribution in [0.5, 0.6) is 0 Å². The number of carbonyl (C=O) groups excluding carboxylic acids is 1. The van der Waals surface area contributed by atoms with E-state index in [1.165, 1.54) is 11.6 Å². The standard InChI is InChI=1S/C19H22FN3O/c1-22(13-16-7-2-4-8-17(16)20)19(24)14-23-11-10-21-12-15-6-3-5-9-18(15)23/h2-9,21H,10-14H2,1H3. The molecule has 0 fully saturated rings. The van der Waals surface area contributed by atoms with Crippen LogP contribution in [0.4, 0.5) is 10.1 Å². The Hall–Kier alpha value is -2.40. The second-order valence-corrected chi connectivity index (χ2v) is 6.07. The molecule has 0 aromatic heterocycles. The Labute approximate surface area is 141 Å². The SMILES string of the molecule is CN(Cc1ccccc1F)C(=O)CN1CCNCc2ccccc21. The number of nitrogens with one attached hydrogen (secondary N) is 1. The number of likely N-dealkylation sites (N-methyl/N-ethyl adjacent to an activating group) is 1. The maximum atomic E-state index is 13.8. The van der Waals surface area contributed by atoms with Gasteiger partial charge >= 0.3 is 0 Å². The molecule has 0 saturated heterocycles. The maximum absolute atomic E-state index is 13.8. The maximum Gasteiger partial charge on any atom is 0.242 e. The first-order valence-electron chi connectivity index (χ1n) is 8.16. The van der Waals surface area contributed by atoms with Gasteiger partial charge in [0.1, 0.15) is 5.82 Å². The highest BCUT2D eigenvalue weighted by Crippen LogP contribution is 2.22. The molecule has 0 aliphatic carbocycles. The minimum Gasteiger partial charge on any atom is -0.361 e. The van der Waals surface area contributed by atoms with E-state index in [4.69, 9.17) is 0 Å². The van der Waals surface area contributed by atoms with E-state index in [0.717, 1.165) is 25.3 Å². The zero-order valence-corrected chi connectivity index (χ0v) is 13.8. The summed E-state index contributed by atoms with van der Waals surface area (Å²) in [7, 11) is 1.72. The molecule has 1 aliphatic rings. The molecule has 0 spiro atoms. The van der Waals surface area contributed by atoms with Crippen LogP contribution in [-0.2, 0) is 17.9 Å². The minimum absolute atomic E-state index is 0.0186. The normalized spacial score (nSPS) is 14.0. The van der Waals surface area contributed by atoms with E-state index in [9.17, 15) is 9.18 Å². The van der Waals surface area contributed by atoms with E-state index in [0.29, 0.717) is 12.1 Å². The lowest BCUT2D eigenvalue weighted by atomic mass is 10.1. The van der Waals surface area contributed by atoms with Gasteiger partial charge in [-0.2, -0.15) is 0 Å². The third-order valence-corrected chi connectivity index (χ3v) is 4.32. The number of rotatable bonds is 4. The minimum atomic E-state index is -0.276. The fourth-order valence-electron chi connectivity index (χ4n) is 2.94. The number of fused-ring (bicyclic) bond motifs is 1. The number of nitrogens with zero attached hydrogens (tertiary/aromatic N) is 2. The van der Waals surface area contributed by atoms with Crippen molar-refractivity contribution in [1.82, 2.24) is 10.2 Å².